The Bertz CT molecular complexity index is 1080. The lowest BCUT2D eigenvalue weighted by molar-refractivity contribution is -0.153. The number of benzene rings is 2. The van der Waals surface area contributed by atoms with E-state index in [1.165, 1.54) is 12.1 Å². The molecule has 3 aromatic rings. The number of pyridine rings is 1. The van der Waals surface area contributed by atoms with E-state index in [1.807, 2.05) is 24.3 Å². The van der Waals surface area contributed by atoms with E-state index < -0.39 is 12.8 Å². The van der Waals surface area contributed by atoms with E-state index in [0.717, 1.165) is 11.1 Å². The van der Waals surface area contributed by atoms with Gasteiger partial charge >= 0.3 is 6.18 Å². The molecule has 1 amide bonds. The van der Waals surface area contributed by atoms with Crippen molar-refractivity contribution >= 4 is 11.6 Å². The van der Waals surface area contributed by atoms with Crippen LogP contribution in [0, 0.1) is 0 Å². The lowest BCUT2D eigenvalue weighted by atomic mass is 10.0. The van der Waals surface area contributed by atoms with Crippen molar-refractivity contribution in [3.05, 3.63) is 71.9 Å². The number of halogens is 3. The third kappa shape index (κ3) is 3.80. The topological polar surface area (TPSA) is 51.7 Å². The molecule has 0 unspecified atom stereocenters. The number of nitrogens with zero attached hydrogens (tertiary/aromatic N) is 2. The monoisotopic (exact) mass is 414 g/mol. The molecule has 0 saturated heterocycles. The van der Waals surface area contributed by atoms with Crippen LogP contribution in [0.1, 0.15) is 15.9 Å². The average Bonchev–Trinajstić information content (AvgIpc) is 3.09. The van der Waals surface area contributed by atoms with Gasteiger partial charge in [-0.05, 0) is 42.5 Å². The molecule has 0 saturated carbocycles. The predicted octanol–water partition coefficient (Wildman–Crippen LogP) is 4.86. The van der Waals surface area contributed by atoms with Crippen LogP contribution in [0.2, 0.25) is 0 Å². The van der Waals surface area contributed by atoms with Crippen LogP contribution in [0.5, 0.6) is 11.5 Å². The van der Waals surface area contributed by atoms with Gasteiger partial charge < -0.3 is 14.4 Å². The molecule has 0 bridgehead atoms. The zero-order chi connectivity index (χ0) is 21.3. The van der Waals surface area contributed by atoms with Gasteiger partial charge in [-0.15, -0.1) is 0 Å². The summed E-state index contributed by atoms with van der Waals surface area (Å²) >= 11 is 0. The summed E-state index contributed by atoms with van der Waals surface area (Å²) in [7, 11) is 1.57. The molecule has 4 rings (SSSR count). The minimum absolute atomic E-state index is 0.0802. The Morgan fingerprint density at radius 3 is 2.47 bits per heavy atom. The second-order valence-corrected chi connectivity index (χ2v) is 6.68. The number of methoxy groups -OCH3 is 1. The number of fused-ring (bicyclic) bond motifs is 1. The fraction of sp³-hybridized carbons (Fsp3) is 0.182. The Hall–Kier alpha value is -3.55. The highest BCUT2D eigenvalue weighted by Gasteiger charge is 2.32. The molecule has 1 aliphatic rings. The first kappa shape index (κ1) is 19.8. The number of ether oxygens (including phenoxy) is 2. The van der Waals surface area contributed by atoms with Crippen molar-refractivity contribution < 1.29 is 27.4 Å². The normalized spacial score (nSPS) is 13.3. The van der Waals surface area contributed by atoms with Gasteiger partial charge in [0.05, 0.1) is 19.3 Å². The van der Waals surface area contributed by atoms with E-state index in [9.17, 15) is 18.0 Å². The molecule has 5 nitrogen and oxygen atoms in total. The molecule has 0 atom stereocenters. The van der Waals surface area contributed by atoms with Crippen LogP contribution in [-0.2, 0) is 6.54 Å². The number of aromatic nitrogens is 1. The highest BCUT2D eigenvalue weighted by molar-refractivity contribution is 6.11. The van der Waals surface area contributed by atoms with E-state index in [4.69, 9.17) is 9.47 Å². The molecule has 8 heteroatoms. The average molecular weight is 414 g/mol. The minimum Gasteiger partial charge on any atom is -0.496 e. The van der Waals surface area contributed by atoms with Gasteiger partial charge in [-0.25, -0.2) is 0 Å². The molecule has 0 spiro atoms. The first-order chi connectivity index (χ1) is 14.4. The van der Waals surface area contributed by atoms with Crippen LogP contribution in [0.3, 0.4) is 0 Å². The zero-order valence-corrected chi connectivity index (χ0v) is 15.9. The number of rotatable bonds is 5. The van der Waals surface area contributed by atoms with E-state index in [1.54, 1.807) is 36.4 Å². The standard InChI is InChI=1S/C22H17F3N2O3/c1-29-19-5-3-2-4-17(19)20-18-12-27(21(28)16(18)10-11-26-20)14-6-8-15(9-7-14)30-13-22(23,24)25/h2-11H,12-13H2,1H3. The molecule has 0 aliphatic carbocycles. The van der Waals surface area contributed by atoms with E-state index >= 15 is 0 Å². The third-order valence-corrected chi connectivity index (χ3v) is 4.76. The fourth-order valence-electron chi connectivity index (χ4n) is 3.40. The summed E-state index contributed by atoms with van der Waals surface area (Å²) in [6.07, 6.45) is -2.83. The van der Waals surface area contributed by atoms with Crippen molar-refractivity contribution in [2.45, 2.75) is 12.7 Å². The van der Waals surface area contributed by atoms with Crippen molar-refractivity contribution in [1.29, 1.82) is 0 Å². The predicted molar refractivity (Wildman–Crippen MR) is 105 cm³/mol. The maximum absolute atomic E-state index is 13.0. The van der Waals surface area contributed by atoms with Gasteiger partial charge in [0.15, 0.2) is 6.61 Å². The molecule has 30 heavy (non-hydrogen) atoms. The number of alkyl halides is 3. The third-order valence-electron chi connectivity index (χ3n) is 4.76. The Kier molecular flexibility index (Phi) is 5.07. The summed E-state index contributed by atoms with van der Waals surface area (Å²) in [5.41, 5.74) is 3.29. The Labute approximate surface area is 170 Å². The number of hydrogen-bond acceptors (Lipinski definition) is 4. The quantitative estimate of drug-likeness (QED) is 0.599. The van der Waals surface area contributed by atoms with Gasteiger partial charge in [0.2, 0.25) is 0 Å². The summed E-state index contributed by atoms with van der Waals surface area (Å²) in [5, 5.41) is 0. The van der Waals surface area contributed by atoms with Gasteiger partial charge in [0, 0.05) is 28.6 Å². The Balaban J connectivity index is 1.62. The molecular weight excluding hydrogens is 397 g/mol. The molecule has 154 valence electrons. The van der Waals surface area contributed by atoms with Crippen molar-refractivity contribution in [2.75, 3.05) is 18.6 Å². The Morgan fingerprint density at radius 2 is 1.77 bits per heavy atom. The van der Waals surface area contributed by atoms with Gasteiger partial charge in [0.25, 0.3) is 5.91 Å². The molecule has 2 aromatic carbocycles. The molecule has 1 aliphatic heterocycles. The number of hydrogen-bond donors (Lipinski definition) is 0. The number of para-hydroxylation sites is 1. The number of anilines is 1. The summed E-state index contributed by atoms with van der Waals surface area (Å²) in [5.74, 6) is 0.527. The molecule has 0 fully saturated rings. The fourth-order valence-corrected chi connectivity index (χ4v) is 3.40. The Morgan fingerprint density at radius 1 is 1.03 bits per heavy atom. The largest absolute Gasteiger partial charge is 0.496 e. The first-order valence-electron chi connectivity index (χ1n) is 9.10. The van der Waals surface area contributed by atoms with Crippen LogP contribution in [0.25, 0.3) is 11.3 Å². The summed E-state index contributed by atoms with van der Waals surface area (Å²) in [6, 6.07) is 15.0. The summed E-state index contributed by atoms with van der Waals surface area (Å²) in [4.78, 5) is 19.0. The van der Waals surface area contributed by atoms with Gasteiger partial charge in [-0.1, -0.05) is 12.1 Å². The highest BCUT2D eigenvalue weighted by Crippen LogP contribution is 2.37. The lowest BCUT2D eigenvalue weighted by Gasteiger charge is -2.17. The van der Waals surface area contributed by atoms with Crippen LogP contribution in [0.15, 0.2) is 60.8 Å². The van der Waals surface area contributed by atoms with E-state index in [-0.39, 0.29) is 18.2 Å². The zero-order valence-electron chi connectivity index (χ0n) is 15.9. The number of carbonyl (C=O) groups is 1. The van der Waals surface area contributed by atoms with Crippen LogP contribution in [0.4, 0.5) is 18.9 Å². The van der Waals surface area contributed by atoms with Gasteiger partial charge in [-0.2, -0.15) is 13.2 Å². The first-order valence-corrected chi connectivity index (χ1v) is 9.10. The maximum atomic E-state index is 13.0. The van der Waals surface area contributed by atoms with Crippen molar-refractivity contribution in [3.63, 3.8) is 0 Å². The smallest absolute Gasteiger partial charge is 0.422 e. The highest BCUT2D eigenvalue weighted by atomic mass is 19.4. The second kappa shape index (κ2) is 7.70. The van der Waals surface area contributed by atoms with Gasteiger partial charge in [0.1, 0.15) is 11.5 Å². The summed E-state index contributed by atoms with van der Waals surface area (Å²) < 4.78 is 47.1. The molecule has 2 heterocycles. The SMILES string of the molecule is COc1ccccc1-c1nccc2c1CN(c1ccc(OCC(F)(F)F)cc1)C2=O. The van der Waals surface area contributed by atoms with Gasteiger partial charge in [-0.3, -0.25) is 9.78 Å². The second-order valence-electron chi connectivity index (χ2n) is 6.68. The number of amides is 1. The number of carbonyl (C=O) groups excluding carboxylic acids is 1. The molecule has 1 aromatic heterocycles. The van der Waals surface area contributed by atoms with Crippen LogP contribution in [-0.4, -0.2) is 30.8 Å². The molecule has 0 N–H and O–H groups in total. The minimum atomic E-state index is -4.41. The van der Waals surface area contributed by atoms with Crippen molar-refractivity contribution in [3.8, 4) is 22.8 Å². The maximum Gasteiger partial charge on any atom is 0.422 e. The summed E-state index contributed by atoms with van der Waals surface area (Å²) in [6.45, 7) is -1.08. The van der Waals surface area contributed by atoms with E-state index in [0.29, 0.717) is 22.7 Å². The molecular formula is C22H17F3N2O3. The van der Waals surface area contributed by atoms with Crippen molar-refractivity contribution in [1.82, 2.24) is 4.98 Å². The van der Waals surface area contributed by atoms with Crippen LogP contribution < -0.4 is 14.4 Å². The van der Waals surface area contributed by atoms with Crippen molar-refractivity contribution in [2.24, 2.45) is 0 Å². The molecule has 0 radical (unpaired) electrons. The van der Waals surface area contributed by atoms with Crippen LogP contribution >= 0.6 is 0 Å². The van der Waals surface area contributed by atoms with E-state index in [2.05, 4.69) is 4.98 Å². The lowest BCUT2D eigenvalue weighted by Crippen LogP contribution is -2.23.